The van der Waals surface area contributed by atoms with Crippen molar-refractivity contribution < 1.29 is 22.3 Å². The van der Waals surface area contributed by atoms with Gasteiger partial charge in [-0.3, -0.25) is 9.69 Å². The van der Waals surface area contributed by atoms with Crippen molar-refractivity contribution in [3.63, 3.8) is 0 Å². The molecule has 1 aliphatic rings. The van der Waals surface area contributed by atoms with E-state index in [1.165, 1.54) is 26.2 Å². The molecule has 29 heavy (non-hydrogen) atoms. The van der Waals surface area contributed by atoms with E-state index in [-0.39, 0.29) is 16.4 Å². The van der Waals surface area contributed by atoms with Gasteiger partial charge in [0.15, 0.2) is 15.6 Å². The second kappa shape index (κ2) is 8.92. The summed E-state index contributed by atoms with van der Waals surface area (Å²) in [5.41, 5.74) is 0.825. The summed E-state index contributed by atoms with van der Waals surface area (Å²) in [7, 11) is -1.90. The van der Waals surface area contributed by atoms with Gasteiger partial charge in [-0.2, -0.15) is 0 Å². The Kier molecular flexibility index (Phi) is 6.54. The van der Waals surface area contributed by atoms with E-state index in [4.69, 9.17) is 4.74 Å². The number of hydrogen-bond acceptors (Lipinski definition) is 6. The van der Waals surface area contributed by atoms with Crippen LogP contribution < -0.4 is 9.64 Å². The van der Waals surface area contributed by atoms with E-state index >= 15 is 0 Å². The van der Waals surface area contributed by atoms with Crippen molar-refractivity contribution in [3.8, 4) is 5.75 Å². The zero-order valence-corrected chi connectivity index (χ0v) is 17.4. The van der Waals surface area contributed by atoms with Crippen LogP contribution in [0.3, 0.4) is 0 Å². The quantitative estimate of drug-likeness (QED) is 0.642. The van der Waals surface area contributed by atoms with Crippen molar-refractivity contribution in [1.82, 2.24) is 4.90 Å². The minimum atomic E-state index is -3.40. The normalized spacial score (nSPS) is 15.3. The number of nitrogens with zero attached hydrogens (tertiary/aromatic N) is 2. The number of carbonyl (C=O) groups is 1. The Morgan fingerprint density at radius 3 is 2.45 bits per heavy atom. The van der Waals surface area contributed by atoms with E-state index < -0.39 is 15.7 Å². The fraction of sp³-hybridized carbons (Fsp3) is 0.381. The highest BCUT2D eigenvalue weighted by Gasteiger charge is 2.22. The molecule has 0 amide bonds. The molecule has 0 aliphatic carbocycles. The van der Waals surface area contributed by atoms with Gasteiger partial charge in [-0.05, 0) is 43.3 Å². The van der Waals surface area contributed by atoms with Crippen molar-refractivity contribution in [2.45, 2.75) is 11.8 Å². The van der Waals surface area contributed by atoms with Gasteiger partial charge in [-0.1, -0.05) is 6.07 Å². The predicted octanol–water partition coefficient (Wildman–Crippen LogP) is 2.63. The van der Waals surface area contributed by atoms with Crippen LogP contribution in [0.15, 0.2) is 47.4 Å². The maximum atomic E-state index is 14.3. The number of methoxy groups -OCH3 is 1. The van der Waals surface area contributed by atoms with Crippen LogP contribution in [0.5, 0.6) is 5.75 Å². The first-order valence-corrected chi connectivity index (χ1v) is 11.1. The third-order valence-corrected chi connectivity index (χ3v) is 6.84. The molecule has 8 heteroatoms. The van der Waals surface area contributed by atoms with E-state index in [1.807, 2.05) is 4.90 Å². The Hall–Kier alpha value is -2.45. The summed E-state index contributed by atoms with van der Waals surface area (Å²) in [6, 6.07) is 11.0. The number of anilines is 1. The van der Waals surface area contributed by atoms with E-state index in [0.29, 0.717) is 49.7 Å². The SMILES string of the molecule is COc1cccc(S(=O)(=O)CCN2CCN(c3ccc(C(C)=O)cc3F)CC2)c1. The fourth-order valence-electron chi connectivity index (χ4n) is 3.36. The van der Waals surface area contributed by atoms with E-state index in [2.05, 4.69) is 4.90 Å². The molecule has 6 nitrogen and oxygen atoms in total. The Morgan fingerprint density at radius 2 is 1.83 bits per heavy atom. The molecule has 1 fully saturated rings. The summed E-state index contributed by atoms with van der Waals surface area (Å²) in [4.78, 5) is 15.6. The van der Waals surface area contributed by atoms with Gasteiger partial charge < -0.3 is 9.64 Å². The van der Waals surface area contributed by atoms with Crippen LogP contribution in [-0.2, 0) is 9.84 Å². The summed E-state index contributed by atoms with van der Waals surface area (Å²) >= 11 is 0. The first-order chi connectivity index (χ1) is 13.8. The van der Waals surface area contributed by atoms with Crippen LogP contribution in [0.2, 0.25) is 0 Å². The highest BCUT2D eigenvalue weighted by Crippen LogP contribution is 2.23. The topological polar surface area (TPSA) is 66.9 Å². The molecule has 0 unspecified atom stereocenters. The zero-order chi connectivity index (χ0) is 21.0. The summed E-state index contributed by atoms with van der Waals surface area (Å²) in [5, 5.41) is 0. The largest absolute Gasteiger partial charge is 0.497 e. The lowest BCUT2D eigenvalue weighted by atomic mass is 10.1. The van der Waals surface area contributed by atoms with Gasteiger partial charge in [0.25, 0.3) is 0 Å². The number of sulfone groups is 1. The molecule has 2 aromatic carbocycles. The number of rotatable bonds is 7. The van der Waals surface area contributed by atoms with Crippen LogP contribution in [0.4, 0.5) is 10.1 Å². The monoisotopic (exact) mass is 420 g/mol. The minimum absolute atomic E-state index is 0.0157. The standard InChI is InChI=1S/C21H25FN2O4S/c1-16(25)17-6-7-21(20(22)14-17)24-10-8-23(9-11-24)12-13-29(26,27)19-5-3-4-18(15-19)28-2/h3-7,14-15H,8-13H2,1-2H3. The number of ketones is 1. The van der Waals surface area contributed by atoms with Gasteiger partial charge in [0, 0.05) is 38.3 Å². The summed E-state index contributed by atoms with van der Waals surface area (Å²) in [6.07, 6.45) is 0. The van der Waals surface area contributed by atoms with Crippen LogP contribution in [0, 0.1) is 5.82 Å². The van der Waals surface area contributed by atoms with Gasteiger partial charge in [-0.15, -0.1) is 0 Å². The lowest BCUT2D eigenvalue weighted by Crippen LogP contribution is -2.47. The number of benzene rings is 2. The van der Waals surface area contributed by atoms with Gasteiger partial charge in [0.05, 0.1) is 23.4 Å². The van der Waals surface area contributed by atoms with E-state index in [0.717, 1.165) is 0 Å². The van der Waals surface area contributed by atoms with Crippen LogP contribution >= 0.6 is 0 Å². The van der Waals surface area contributed by atoms with Crippen molar-refractivity contribution in [3.05, 3.63) is 53.8 Å². The minimum Gasteiger partial charge on any atom is -0.497 e. The molecule has 0 radical (unpaired) electrons. The molecule has 0 N–H and O–H groups in total. The van der Waals surface area contributed by atoms with Gasteiger partial charge in [0.2, 0.25) is 0 Å². The number of Topliss-reactive ketones (excluding diaryl/α,β-unsaturated/α-hetero) is 1. The maximum Gasteiger partial charge on any atom is 0.179 e. The van der Waals surface area contributed by atoms with Gasteiger partial charge in [0.1, 0.15) is 11.6 Å². The Balaban J connectivity index is 1.57. The van der Waals surface area contributed by atoms with Crippen molar-refractivity contribution in [1.29, 1.82) is 0 Å². The van der Waals surface area contributed by atoms with E-state index in [1.54, 1.807) is 30.3 Å². The molecule has 0 aromatic heterocycles. The summed E-state index contributed by atoms with van der Waals surface area (Å²) < 4.78 is 44.6. The molecule has 1 heterocycles. The smallest absolute Gasteiger partial charge is 0.179 e. The number of ether oxygens (including phenoxy) is 1. The highest BCUT2D eigenvalue weighted by molar-refractivity contribution is 7.91. The number of piperazine rings is 1. The molecule has 0 bridgehead atoms. The fourth-order valence-corrected chi connectivity index (χ4v) is 4.67. The molecule has 3 rings (SSSR count). The van der Waals surface area contributed by atoms with Crippen LogP contribution in [0.25, 0.3) is 0 Å². The first kappa shape index (κ1) is 21.3. The second-order valence-electron chi connectivity index (χ2n) is 7.05. The molecule has 0 atom stereocenters. The lowest BCUT2D eigenvalue weighted by Gasteiger charge is -2.36. The number of hydrogen-bond donors (Lipinski definition) is 0. The van der Waals surface area contributed by atoms with Gasteiger partial charge in [-0.25, -0.2) is 12.8 Å². The molecular formula is C21H25FN2O4S. The zero-order valence-electron chi connectivity index (χ0n) is 16.6. The molecule has 0 saturated carbocycles. The molecular weight excluding hydrogens is 395 g/mol. The van der Waals surface area contributed by atoms with Crippen molar-refractivity contribution in [2.75, 3.05) is 50.5 Å². The van der Waals surface area contributed by atoms with Gasteiger partial charge >= 0.3 is 0 Å². The lowest BCUT2D eigenvalue weighted by molar-refractivity contribution is 0.101. The third kappa shape index (κ3) is 5.13. The molecule has 1 aliphatic heterocycles. The summed E-state index contributed by atoms with van der Waals surface area (Å²) in [6.45, 7) is 4.29. The summed E-state index contributed by atoms with van der Waals surface area (Å²) in [5.74, 6) is -0.0521. The second-order valence-corrected chi connectivity index (χ2v) is 9.16. The maximum absolute atomic E-state index is 14.3. The molecule has 156 valence electrons. The van der Waals surface area contributed by atoms with E-state index in [9.17, 15) is 17.6 Å². The van der Waals surface area contributed by atoms with Crippen LogP contribution in [-0.4, -0.2) is 64.7 Å². The van der Waals surface area contributed by atoms with Crippen molar-refractivity contribution in [2.24, 2.45) is 0 Å². The molecule has 2 aromatic rings. The van der Waals surface area contributed by atoms with Crippen molar-refractivity contribution >= 4 is 21.3 Å². The Bertz CT molecular complexity index is 986. The first-order valence-electron chi connectivity index (χ1n) is 9.45. The Morgan fingerprint density at radius 1 is 1.10 bits per heavy atom. The predicted molar refractivity (Wildman–Crippen MR) is 110 cm³/mol. The third-order valence-electron chi connectivity index (χ3n) is 5.14. The molecule has 0 spiro atoms. The molecule has 1 saturated heterocycles. The average Bonchev–Trinajstić information content (AvgIpc) is 2.72. The number of carbonyl (C=O) groups excluding carboxylic acids is 1. The Labute approximate surface area is 170 Å². The number of halogens is 1. The average molecular weight is 421 g/mol. The van der Waals surface area contributed by atoms with Crippen LogP contribution in [0.1, 0.15) is 17.3 Å². The highest BCUT2D eigenvalue weighted by atomic mass is 32.2.